The SMILES string of the molecule is CCOc1c(Cl)cc(C(=O)O)cc1[N+](=O)[O-]. The maximum absolute atomic E-state index is 10.7. The first-order valence-electron chi connectivity index (χ1n) is 4.31. The summed E-state index contributed by atoms with van der Waals surface area (Å²) in [4.78, 5) is 20.6. The molecule has 1 aromatic carbocycles. The second kappa shape index (κ2) is 4.80. The molecule has 0 radical (unpaired) electrons. The number of carboxylic acids is 1. The number of hydrogen-bond donors (Lipinski definition) is 1. The monoisotopic (exact) mass is 245 g/mol. The third-order valence-corrected chi connectivity index (χ3v) is 2.04. The lowest BCUT2D eigenvalue weighted by Gasteiger charge is -2.06. The normalized spacial score (nSPS) is 9.88. The van der Waals surface area contributed by atoms with Crippen molar-refractivity contribution in [3.05, 3.63) is 32.8 Å². The predicted octanol–water partition coefficient (Wildman–Crippen LogP) is 2.35. The van der Waals surface area contributed by atoms with Crippen molar-refractivity contribution in [2.24, 2.45) is 0 Å². The lowest BCUT2D eigenvalue weighted by atomic mass is 10.2. The van der Waals surface area contributed by atoms with Crippen LogP contribution in [0.4, 0.5) is 5.69 Å². The number of rotatable bonds is 4. The van der Waals surface area contributed by atoms with Crippen LogP contribution in [0, 0.1) is 10.1 Å². The number of hydrogen-bond acceptors (Lipinski definition) is 4. The van der Waals surface area contributed by atoms with E-state index in [0.29, 0.717) is 0 Å². The van der Waals surface area contributed by atoms with Gasteiger partial charge in [-0.1, -0.05) is 11.6 Å². The van der Waals surface area contributed by atoms with E-state index in [4.69, 9.17) is 21.4 Å². The largest absolute Gasteiger partial charge is 0.486 e. The average Bonchev–Trinajstić information content (AvgIpc) is 2.20. The summed E-state index contributed by atoms with van der Waals surface area (Å²) in [6, 6.07) is 2.03. The van der Waals surface area contributed by atoms with E-state index in [1.165, 1.54) is 0 Å². The van der Waals surface area contributed by atoms with E-state index in [0.717, 1.165) is 12.1 Å². The zero-order valence-electron chi connectivity index (χ0n) is 8.27. The van der Waals surface area contributed by atoms with Crippen LogP contribution in [-0.2, 0) is 0 Å². The molecule has 0 spiro atoms. The molecule has 1 aromatic rings. The molecular formula is C9H8ClNO5. The van der Waals surface area contributed by atoms with E-state index >= 15 is 0 Å². The first-order chi connectivity index (χ1) is 7.47. The van der Waals surface area contributed by atoms with Crippen LogP contribution in [-0.4, -0.2) is 22.6 Å². The molecular weight excluding hydrogens is 238 g/mol. The number of nitro benzene ring substituents is 1. The maximum Gasteiger partial charge on any atom is 0.335 e. The van der Waals surface area contributed by atoms with Crippen molar-refractivity contribution in [2.75, 3.05) is 6.61 Å². The van der Waals surface area contributed by atoms with Gasteiger partial charge in [0.2, 0.25) is 5.75 Å². The first kappa shape index (κ1) is 12.3. The van der Waals surface area contributed by atoms with Crippen LogP contribution < -0.4 is 4.74 Å². The highest BCUT2D eigenvalue weighted by atomic mass is 35.5. The minimum atomic E-state index is -1.28. The standard InChI is InChI=1S/C9H8ClNO5/c1-2-16-8-6(10)3-5(9(12)13)4-7(8)11(14)15/h3-4H,2H2,1H3,(H,12,13). The Hall–Kier alpha value is -1.82. The molecule has 0 aliphatic rings. The molecule has 0 heterocycles. The van der Waals surface area contributed by atoms with Gasteiger partial charge in [0.15, 0.2) is 0 Å². The molecule has 0 saturated carbocycles. The molecule has 0 amide bonds. The van der Waals surface area contributed by atoms with Crippen molar-refractivity contribution >= 4 is 23.3 Å². The van der Waals surface area contributed by atoms with Gasteiger partial charge in [0.05, 0.1) is 22.1 Å². The fraction of sp³-hybridized carbons (Fsp3) is 0.222. The minimum absolute atomic E-state index is 0.0894. The lowest BCUT2D eigenvalue weighted by molar-refractivity contribution is -0.385. The quantitative estimate of drug-likeness (QED) is 0.649. The van der Waals surface area contributed by atoms with Gasteiger partial charge in [-0.15, -0.1) is 0 Å². The van der Waals surface area contributed by atoms with E-state index in [9.17, 15) is 14.9 Å². The van der Waals surface area contributed by atoms with Crippen LogP contribution in [0.25, 0.3) is 0 Å². The van der Waals surface area contributed by atoms with Crippen LogP contribution in [0.1, 0.15) is 17.3 Å². The van der Waals surface area contributed by atoms with Gasteiger partial charge in [0.1, 0.15) is 0 Å². The molecule has 0 aliphatic heterocycles. The van der Waals surface area contributed by atoms with Crippen LogP contribution >= 0.6 is 11.6 Å². The molecule has 0 aliphatic carbocycles. The summed E-state index contributed by atoms with van der Waals surface area (Å²) in [6.45, 7) is 1.85. The number of halogens is 1. The molecule has 7 heteroatoms. The van der Waals surface area contributed by atoms with Gasteiger partial charge in [0, 0.05) is 6.07 Å². The Balaban J connectivity index is 3.39. The number of nitro groups is 1. The number of ether oxygens (including phenoxy) is 1. The molecule has 0 bridgehead atoms. The highest BCUT2D eigenvalue weighted by molar-refractivity contribution is 6.32. The number of aromatic carboxylic acids is 1. The third kappa shape index (κ3) is 2.40. The van der Waals surface area contributed by atoms with Gasteiger partial charge >= 0.3 is 11.7 Å². The van der Waals surface area contributed by atoms with Gasteiger partial charge in [0.25, 0.3) is 0 Å². The lowest BCUT2D eigenvalue weighted by Crippen LogP contribution is -2.02. The average molecular weight is 246 g/mol. The van der Waals surface area contributed by atoms with E-state index in [-0.39, 0.29) is 22.9 Å². The van der Waals surface area contributed by atoms with E-state index in [2.05, 4.69) is 0 Å². The smallest absolute Gasteiger partial charge is 0.335 e. The molecule has 0 atom stereocenters. The zero-order valence-corrected chi connectivity index (χ0v) is 9.02. The van der Waals surface area contributed by atoms with Crippen molar-refractivity contribution in [1.82, 2.24) is 0 Å². The summed E-state index contributed by atoms with van der Waals surface area (Å²) >= 11 is 5.71. The molecule has 0 unspecified atom stereocenters. The van der Waals surface area contributed by atoms with Crippen LogP contribution in [0.2, 0.25) is 5.02 Å². The summed E-state index contributed by atoms with van der Waals surface area (Å²) in [5, 5.41) is 19.3. The Morgan fingerprint density at radius 3 is 2.69 bits per heavy atom. The molecule has 86 valence electrons. The predicted molar refractivity (Wildman–Crippen MR) is 56.2 cm³/mol. The summed E-state index contributed by atoms with van der Waals surface area (Å²) in [5.41, 5.74) is -0.702. The molecule has 0 fully saturated rings. The first-order valence-corrected chi connectivity index (χ1v) is 4.69. The Bertz CT molecular complexity index is 446. The number of carboxylic acid groups (broad SMARTS) is 1. The third-order valence-electron chi connectivity index (χ3n) is 1.76. The summed E-state index contributed by atoms with van der Waals surface area (Å²) in [7, 11) is 0. The van der Waals surface area contributed by atoms with Crippen molar-refractivity contribution < 1.29 is 19.6 Å². The maximum atomic E-state index is 10.7. The Labute approximate surface area is 95.6 Å². The van der Waals surface area contributed by atoms with Crippen LogP contribution in [0.3, 0.4) is 0 Å². The summed E-state index contributed by atoms with van der Waals surface area (Å²) in [6.07, 6.45) is 0. The highest BCUT2D eigenvalue weighted by Gasteiger charge is 2.22. The molecule has 1 rings (SSSR count). The minimum Gasteiger partial charge on any atom is -0.486 e. The number of nitrogens with zero attached hydrogens (tertiary/aromatic N) is 1. The van der Waals surface area contributed by atoms with Gasteiger partial charge in [-0.3, -0.25) is 10.1 Å². The van der Waals surface area contributed by atoms with Gasteiger partial charge in [-0.05, 0) is 13.0 Å². The fourth-order valence-electron chi connectivity index (χ4n) is 1.13. The fourth-order valence-corrected chi connectivity index (χ4v) is 1.39. The van der Waals surface area contributed by atoms with Crippen molar-refractivity contribution in [1.29, 1.82) is 0 Å². The molecule has 0 saturated heterocycles. The van der Waals surface area contributed by atoms with E-state index in [1.807, 2.05) is 0 Å². The van der Waals surface area contributed by atoms with Crippen molar-refractivity contribution in [2.45, 2.75) is 6.92 Å². The Morgan fingerprint density at radius 2 is 2.25 bits per heavy atom. The van der Waals surface area contributed by atoms with E-state index < -0.39 is 16.6 Å². The molecule has 1 N–H and O–H groups in total. The van der Waals surface area contributed by atoms with Gasteiger partial charge < -0.3 is 9.84 Å². The van der Waals surface area contributed by atoms with Gasteiger partial charge in [-0.25, -0.2) is 4.79 Å². The van der Waals surface area contributed by atoms with Crippen molar-refractivity contribution in [3.8, 4) is 5.75 Å². The van der Waals surface area contributed by atoms with Gasteiger partial charge in [-0.2, -0.15) is 0 Å². The highest BCUT2D eigenvalue weighted by Crippen LogP contribution is 2.36. The van der Waals surface area contributed by atoms with Crippen molar-refractivity contribution in [3.63, 3.8) is 0 Å². The molecule has 0 aromatic heterocycles. The summed E-state index contributed by atoms with van der Waals surface area (Å²) < 4.78 is 5.00. The summed E-state index contributed by atoms with van der Waals surface area (Å²) in [5.74, 6) is -1.40. The molecule has 6 nitrogen and oxygen atoms in total. The second-order valence-corrected chi connectivity index (χ2v) is 3.21. The van der Waals surface area contributed by atoms with E-state index in [1.54, 1.807) is 6.92 Å². The Morgan fingerprint density at radius 1 is 1.62 bits per heavy atom. The van der Waals surface area contributed by atoms with Crippen LogP contribution in [0.15, 0.2) is 12.1 Å². The topological polar surface area (TPSA) is 89.7 Å². The number of benzene rings is 1. The second-order valence-electron chi connectivity index (χ2n) is 2.80. The Kier molecular flexibility index (Phi) is 3.68. The molecule has 16 heavy (non-hydrogen) atoms. The zero-order chi connectivity index (χ0) is 12.3. The van der Waals surface area contributed by atoms with Crippen LogP contribution in [0.5, 0.6) is 5.75 Å². The number of carbonyl (C=O) groups is 1.